The van der Waals surface area contributed by atoms with Gasteiger partial charge in [0.1, 0.15) is 11.4 Å². The molecule has 1 atom stereocenters. The van der Waals surface area contributed by atoms with Crippen LogP contribution >= 0.6 is 11.3 Å². The zero-order valence-electron chi connectivity index (χ0n) is 16.9. The van der Waals surface area contributed by atoms with Crippen LogP contribution in [0.15, 0.2) is 41.5 Å². The van der Waals surface area contributed by atoms with Crippen molar-refractivity contribution in [3.05, 3.63) is 51.9 Å². The lowest BCUT2D eigenvalue weighted by atomic mass is 10.0. The molecule has 5 nitrogen and oxygen atoms in total. The Balaban J connectivity index is 1.86. The Morgan fingerprint density at radius 2 is 1.89 bits per heavy atom. The minimum absolute atomic E-state index is 0.0169. The van der Waals surface area contributed by atoms with Crippen LogP contribution in [0.1, 0.15) is 38.5 Å². The van der Waals surface area contributed by atoms with Gasteiger partial charge < -0.3 is 5.32 Å². The van der Waals surface area contributed by atoms with Crippen molar-refractivity contribution in [2.24, 2.45) is 5.92 Å². The van der Waals surface area contributed by atoms with Crippen molar-refractivity contribution in [2.45, 2.75) is 53.1 Å². The van der Waals surface area contributed by atoms with E-state index in [0.717, 1.165) is 28.8 Å². The highest BCUT2D eigenvalue weighted by Gasteiger charge is 2.18. The number of benzene rings is 1. The lowest BCUT2D eigenvalue weighted by Gasteiger charge is -2.15. The third-order valence-corrected chi connectivity index (χ3v) is 5.83. The van der Waals surface area contributed by atoms with E-state index in [-0.39, 0.29) is 24.1 Å². The number of amides is 1. The molecule has 3 aromatic rings. The summed E-state index contributed by atoms with van der Waals surface area (Å²) in [5.41, 5.74) is 1.74. The molecule has 0 aliphatic carbocycles. The highest BCUT2D eigenvalue weighted by molar-refractivity contribution is 7.19. The Morgan fingerprint density at radius 3 is 2.57 bits per heavy atom. The number of aryl methyl sites for hydroxylation is 1. The van der Waals surface area contributed by atoms with Crippen LogP contribution in [0.4, 0.5) is 0 Å². The van der Waals surface area contributed by atoms with Crippen LogP contribution in [-0.4, -0.2) is 21.5 Å². The first-order valence-corrected chi connectivity index (χ1v) is 10.5. The maximum atomic E-state index is 13.1. The Labute approximate surface area is 169 Å². The average molecular weight is 398 g/mol. The molecule has 0 bridgehead atoms. The Bertz CT molecular complexity index is 1020. The molecule has 1 aromatic carbocycles. The average Bonchev–Trinajstić information content (AvgIpc) is 3.00. The van der Waals surface area contributed by atoms with Crippen molar-refractivity contribution in [1.82, 2.24) is 14.9 Å². The van der Waals surface area contributed by atoms with Crippen molar-refractivity contribution >= 4 is 27.5 Å². The summed E-state index contributed by atoms with van der Waals surface area (Å²) in [5, 5.41) is 3.58. The van der Waals surface area contributed by atoms with Crippen molar-refractivity contribution in [3.8, 4) is 11.1 Å². The summed E-state index contributed by atoms with van der Waals surface area (Å²) in [6, 6.07) is 9.95. The Hall–Kier alpha value is -2.47. The molecule has 3 rings (SSSR count). The van der Waals surface area contributed by atoms with E-state index in [2.05, 4.69) is 24.1 Å². The first-order valence-electron chi connectivity index (χ1n) is 9.70. The number of hydrogen-bond acceptors (Lipinski definition) is 4. The number of carbonyl (C=O) groups is 1. The van der Waals surface area contributed by atoms with Gasteiger partial charge in [-0.1, -0.05) is 44.2 Å². The van der Waals surface area contributed by atoms with Crippen LogP contribution in [0.3, 0.4) is 0 Å². The molecule has 0 spiro atoms. The van der Waals surface area contributed by atoms with E-state index in [9.17, 15) is 9.59 Å². The quantitative estimate of drug-likeness (QED) is 0.644. The number of nitrogens with zero attached hydrogens (tertiary/aromatic N) is 2. The molecule has 28 heavy (non-hydrogen) atoms. The van der Waals surface area contributed by atoms with E-state index in [1.54, 1.807) is 0 Å². The number of carbonyl (C=O) groups excluding carboxylic acids is 1. The van der Waals surface area contributed by atoms with Gasteiger partial charge in [-0.2, -0.15) is 0 Å². The van der Waals surface area contributed by atoms with Gasteiger partial charge in [0.05, 0.1) is 11.7 Å². The molecule has 1 amide bonds. The molecule has 2 heterocycles. The molecule has 148 valence electrons. The first kappa shape index (κ1) is 20.3. The summed E-state index contributed by atoms with van der Waals surface area (Å²) in [6.07, 6.45) is 3.47. The molecule has 0 radical (unpaired) electrons. The van der Waals surface area contributed by atoms with Gasteiger partial charge in [-0.3, -0.25) is 14.2 Å². The molecule has 0 aliphatic heterocycles. The van der Waals surface area contributed by atoms with Crippen molar-refractivity contribution in [1.29, 1.82) is 0 Å². The standard InChI is InChI=1S/C22H27N3O2S/c1-14(2)10-11-15(3)24-18(26)12-25-13-23-21-20(22(25)27)19(16(4)28-21)17-8-6-5-7-9-17/h5-9,13-15H,10-12H2,1-4H3,(H,24,26)/t15-/m0/s1. The van der Waals surface area contributed by atoms with Crippen molar-refractivity contribution < 1.29 is 4.79 Å². The monoisotopic (exact) mass is 397 g/mol. The zero-order chi connectivity index (χ0) is 20.3. The highest BCUT2D eigenvalue weighted by atomic mass is 32.1. The van der Waals surface area contributed by atoms with Gasteiger partial charge in [0.25, 0.3) is 5.56 Å². The number of nitrogens with one attached hydrogen (secondary N) is 1. The second-order valence-electron chi connectivity index (χ2n) is 7.70. The van der Waals surface area contributed by atoms with Gasteiger partial charge in [-0.25, -0.2) is 4.98 Å². The highest BCUT2D eigenvalue weighted by Crippen LogP contribution is 2.35. The third-order valence-electron chi connectivity index (χ3n) is 4.82. The lowest BCUT2D eigenvalue weighted by molar-refractivity contribution is -0.122. The van der Waals surface area contributed by atoms with E-state index in [4.69, 9.17) is 0 Å². The van der Waals surface area contributed by atoms with Crippen LogP contribution in [0, 0.1) is 12.8 Å². The fraction of sp³-hybridized carbons (Fsp3) is 0.409. The van der Waals surface area contributed by atoms with Gasteiger partial charge in [0.15, 0.2) is 0 Å². The predicted octanol–water partition coefficient (Wildman–Crippen LogP) is 4.37. The summed E-state index contributed by atoms with van der Waals surface area (Å²) >= 11 is 1.51. The maximum Gasteiger partial charge on any atom is 0.263 e. The number of hydrogen-bond donors (Lipinski definition) is 1. The number of rotatable bonds is 7. The third kappa shape index (κ3) is 4.50. The molecule has 6 heteroatoms. The van der Waals surface area contributed by atoms with E-state index >= 15 is 0 Å². The molecule has 0 saturated heterocycles. The largest absolute Gasteiger partial charge is 0.352 e. The van der Waals surface area contributed by atoms with Crippen LogP contribution in [0.25, 0.3) is 21.3 Å². The molecular weight excluding hydrogens is 370 g/mol. The van der Waals surface area contributed by atoms with Gasteiger partial charge in [-0.15, -0.1) is 11.3 Å². The smallest absolute Gasteiger partial charge is 0.263 e. The van der Waals surface area contributed by atoms with E-state index in [1.165, 1.54) is 22.2 Å². The topological polar surface area (TPSA) is 64.0 Å². The van der Waals surface area contributed by atoms with Crippen molar-refractivity contribution in [2.75, 3.05) is 0 Å². The van der Waals surface area contributed by atoms with Crippen molar-refractivity contribution in [3.63, 3.8) is 0 Å². The zero-order valence-corrected chi connectivity index (χ0v) is 17.7. The minimum atomic E-state index is -0.168. The summed E-state index contributed by atoms with van der Waals surface area (Å²) in [4.78, 5) is 31.7. The summed E-state index contributed by atoms with van der Waals surface area (Å²) in [5.74, 6) is 0.444. The van der Waals surface area contributed by atoms with Crippen LogP contribution in [0.5, 0.6) is 0 Å². The van der Waals surface area contributed by atoms with E-state index < -0.39 is 0 Å². The number of aromatic nitrogens is 2. The summed E-state index contributed by atoms with van der Waals surface area (Å²) < 4.78 is 1.41. The fourth-order valence-electron chi connectivity index (χ4n) is 3.33. The van der Waals surface area contributed by atoms with E-state index in [1.807, 2.05) is 44.2 Å². The van der Waals surface area contributed by atoms with Gasteiger partial charge in [0, 0.05) is 16.5 Å². The summed E-state index contributed by atoms with van der Waals surface area (Å²) in [6.45, 7) is 8.32. The second kappa shape index (κ2) is 8.69. The van der Waals surface area contributed by atoms with Gasteiger partial charge >= 0.3 is 0 Å². The fourth-order valence-corrected chi connectivity index (χ4v) is 4.34. The Morgan fingerprint density at radius 1 is 1.18 bits per heavy atom. The molecular formula is C22H27N3O2S. The van der Waals surface area contributed by atoms with Crippen LogP contribution < -0.4 is 10.9 Å². The summed E-state index contributed by atoms with van der Waals surface area (Å²) in [7, 11) is 0. The first-order chi connectivity index (χ1) is 13.4. The molecule has 0 saturated carbocycles. The maximum absolute atomic E-state index is 13.1. The lowest BCUT2D eigenvalue weighted by Crippen LogP contribution is -2.37. The predicted molar refractivity (Wildman–Crippen MR) is 116 cm³/mol. The molecule has 0 unspecified atom stereocenters. The van der Waals surface area contributed by atoms with Gasteiger partial charge in [0.2, 0.25) is 5.91 Å². The normalized spacial score (nSPS) is 12.5. The van der Waals surface area contributed by atoms with Gasteiger partial charge in [-0.05, 0) is 38.2 Å². The number of thiophene rings is 1. The number of fused-ring (bicyclic) bond motifs is 1. The molecule has 2 aromatic heterocycles. The molecule has 1 N–H and O–H groups in total. The minimum Gasteiger partial charge on any atom is -0.352 e. The SMILES string of the molecule is Cc1sc2ncn(CC(=O)N[C@@H](C)CCC(C)C)c(=O)c2c1-c1ccccc1. The molecule has 0 aliphatic rings. The second-order valence-corrected chi connectivity index (χ2v) is 8.90. The van der Waals surface area contributed by atoms with Crippen LogP contribution in [0.2, 0.25) is 0 Å². The van der Waals surface area contributed by atoms with E-state index in [0.29, 0.717) is 16.1 Å². The molecule has 0 fully saturated rings. The van der Waals surface area contributed by atoms with Crippen LogP contribution in [-0.2, 0) is 11.3 Å². The Kier molecular flexibility index (Phi) is 6.29.